The number of unbranched alkanes of at least 4 members (excludes halogenated alkanes) is 1. The minimum Gasteiger partial charge on any atom is -0.375 e. The van der Waals surface area contributed by atoms with Crippen LogP contribution in [0.4, 0.5) is 13.2 Å². The molecule has 0 aromatic heterocycles. The Labute approximate surface area is 156 Å². The molecule has 2 nitrogen and oxygen atoms in total. The van der Waals surface area contributed by atoms with Crippen LogP contribution in [-0.2, 0) is 0 Å². The molecular weight excluding hydrogens is 339 g/mol. The number of halogens is 3. The maximum absolute atomic E-state index is 14.0. The molecule has 0 radical (unpaired) electrons. The van der Waals surface area contributed by atoms with Crippen LogP contribution in [0, 0.1) is 0 Å². The van der Waals surface area contributed by atoms with Crippen LogP contribution >= 0.6 is 0 Å². The maximum atomic E-state index is 14.0. The fourth-order valence-electron chi connectivity index (χ4n) is 2.71. The van der Waals surface area contributed by atoms with Gasteiger partial charge in [-0.3, -0.25) is 0 Å². The van der Waals surface area contributed by atoms with Crippen molar-refractivity contribution in [1.82, 2.24) is 4.90 Å². The lowest BCUT2D eigenvalue weighted by atomic mass is 9.83. The summed E-state index contributed by atoms with van der Waals surface area (Å²) in [6.45, 7) is 15.0. The zero-order valence-corrected chi connectivity index (χ0v) is 17.0. The first-order valence-corrected chi connectivity index (χ1v) is 9.14. The molecule has 1 unspecified atom stereocenters. The second kappa shape index (κ2) is 10.7. The van der Waals surface area contributed by atoms with Crippen molar-refractivity contribution < 1.29 is 18.3 Å². The van der Waals surface area contributed by atoms with Crippen LogP contribution < -0.4 is 0 Å². The molecule has 0 fully saturated rings. The van der Waals surface area contributed by atoms with Crippen molar-refractivity contribution >= 4 is 0 Å². The zero-order valence-electron chi connectivity index (χ0n) is 17.0. The molecule has 0 saturated heterocycles. The number of hydrogen-bond acceptors (Lipinski definition) is 2. The predicted octanol–water partition coefficient (Wildman–Crippen LogP) is 5.82. The molecule has 1 N–H and O–H groups in total. The van der Waals surface area contributed by atoms with Crippen LogP contribution in [-0.4, -0.2) is 41.4 Å². The topological polar surface area (TPSA) is 23.5 Å². The molecule has 26 heavy (non-hydrogen) atoms. The van der Waals surface area contributed by atoms with Gasteiger partial charge in [0.1, 0.15) is 0 Å². The Morgan fingerprint density at radius 2 is 1.69 bits per heavy atom. The van der Waals surface area contributed by atoms with Crippen LogP contribution in [0.25, 0.3) is 0 Å². The largest absolute Gasteiger partial charge is 0.422 e. The molecule has 0 saturated carbocycles. The van der Waals surface area contributed by atoms with E-state index in [1.807, 2.05) is 20.8 Å². The molecule has 0 heterocycles. The normalized spacial score (nSPS) is 15.8. The highest BCUT2D eigenvalue weighted by atomic mass is 19.4. The number of aliphatic hydroxyl groups is 1. The van der Waals surface area contributed by atoms with Crippen LogP contribution in [0.15, 0.2) is 47.1 Å². The third-order valence-electron chi connectivity index (χ3n) is 4.26. The van der Waals surface area contributed by atoms with Crippen molar-refractivity contribution in [2.75, 3.05) is 19.6 Å². The Bertz CT molecular complexity index is 554. The van der Waals surface area contributed by atoms with Crippen LogP contribution in [0.1, 0.15) is 54.4 Å². The number of hydrogen-bond donors (Lipinski definition) is 1. The molecule has 0 bridgehead atoms. The highest BCUT2D eigenvalue weighted by Gasteiger charge is 2.57. The summed E-state index contributed by atoms with van der Waals surface area (Å²) in [5.41, 5.74) is -1.35. The molecule has 0 amide bonds. The van der Waals surface area contributed by atoms with E-state index in [1.54, 1.807) is 30.9 Å². The summed E-state index contributed by atoms with van der Waals surface area (Å²) in [4.78, 5) is 1.65. The van der Waals surface area contributed by atoms with Gasteiger partial charge in [-0.1, -0.05) is 56.2 Å². The van der Waals surface area contributed by atoms with Gasteiger partial charge >= 0.3 is 6.18 Å². The molecule has 1 atom stereocenters. The minimum absolute atomic E-state index is 0.148. The molecular formula is C21H34F3NO. The number of alkyl halides is 3. The lowest BCUT2D eigenvalue weighted by Gasteiger charge is -2.38. The Balaban J connectivity index is 6.19. The van der Waals surface area contributed by atoms with Crippen molar-refractivity contribution in [3.05, 3.63) is 47.1 Å². The molecule has 0 aromatic carbocycles. The second-order valence-corrected chi connectivity index (χ2v) is 6.89. The van der Waals surface area contributed by atoms with Gasteiger partial charge in [0.2, 0.25) is 0 Å². The van der Waals surface area contributed by atoms with Gasteiger partial charge in [-0.05, 0) is 58.4 Å². The fraction of sp³-hybridized carbons (Fsp3) is 0.619. The Hall–Kier alpha value is -1.33. The van der Waals surface area contributed by atoms with E-state index >= 15 is 0 Å². The molecule has 0 spiro atoms. The van der Waals surface area contributed by atoms with E-state index in [-0.39, 0.29) is 5.57 Å². The molecule has 0 aliphatic heterocycles. The Kier molecular flexibility index (Phi) is 10.2. The van der Waals surface area contributed by atoms with Gasteiger partial charge in [0.25, 0.3) is 0 Å². The van der Waals surface area contributed by atoms with E-state index in [9.17, 15) is 18.3 Å². The Morgan fingerprint density at radius 3 is 2.04 bits per heavy atom. The predicted molar refractivity (Wildman–Crippen MR) is 104 cm³/mol. The van der Waals surface area contributed by atoms with Gasteiger partial charge in [0.05, 0.1) is 0 Å². The SMILES string of the molecule is C=C(C)C(=C\C=C(C)C)/C(=C\C)C(O)(CN(CC)CCCC)C(F)(F)F. The third-order valence-corrected chi connectivity index (χ3v) is 4.26. The van der Waals surface area contributed by atoms with Gasteiger partial charge in [-0.25, -0.2) is 0 Å². The van der Waals surface area contributed by atoms with Crippen molar-refractivity contribution in [2.24, 2.45) is 0 Å². The van der Waals surface area contributed by atoms with Crippen molar-refractivity contribution in [3.63, 3.8) is 0 Å². The van der Waals surface area contributed by atoms with Crippen molar-refractivity contribution in [3.8, 4) is 0 Å². The highest BCUT2D eigenvalue weighted by Crippen LogP contribution is 2.41. The Morgan fingerprint density at radius 1 is 1.12 bits per heavy atom. The molecule has 0 aliphatic carbocycles. The number of rotatable bonds is 10. The smallest absolute Gasteiger partial charge is 0.375 e. The minimum atomic E-state index is -4.80. The van der Waals surface area contributed by atoms with Crippen LogP contribution in [0.3, 0.4) is 0 Å². The standard InChI is InChI=1S/C21H34F3NO/c1-8-11-14-25(10-3)15-20(26,21(22,23)24)19(9-2)18(17(6)7)13-12-16(4)5/h9,12-13,26H,6,8,10-11,14-15H2,1-5,7H3/b18-13+,19-9+. The lowest BCUT2D eigenvalue weighted by molar-refractivity contribution is -0.248. The monoisotopic (exact) mass is 373 g/mol. The van der Waals surface area contributed by atoms with Crippen molar-refractivity contribution in [2.45, 2.75) is 66.2 Å². The second-order valence-electron chi connectivity index (χ2n) is 6.89. The summed E-state index contributed by atoms with van der Waals surface area (Å²) in [6.07, 6.45) is 1.56. The fourth-order valence-corrected chi connectivity index (χ4v) is 2.71. The summed E-state index contributed by atoms with van der Waals surface area (Å²) >= 11 is 0. The number of nitrogens with zero attached hydrogens (tertiary/aromatic N) is 1. The highest BCUT2D eigenvalue weighted by molar-refractivity contribution is 5.51. The van der Waals surface area contributed by atoms with Crippen LogP contribution in [0.2, 0.25) is 0 Å². The van der Waals surface area contributed by atoms with E-state index in [1.165, 1.54) is 13.0 Å². The van der Waals surface area contributed by atoms with E-state index < -0.39 is 18.3 Å². The van der Waals surface area contributed by atoms with Gasteiger partial charge in [-0.2, -0.15) is 13.2 Å². The summed E-state index contributed by atoms with van der Waals surface area (Å²) < 4.78 is 42.0. The number of allylic oxidation sites excluding steroid dienone is 5. The van der Waals surface area contributed by atoms with E-state index in [0.29, 0.717) is 24.2 Å². The first-order valence-electron chi connectivity index (χ1n) is 9.14. The summed E-state index contributed by atoms with van der Waals surface area (Å²) in [7, 11) is 0. The van der Waals surface area contributed by atoms with E-state index in [0.717, 1.165) is 18.4 Å². The third kappa shape index (κ3) is 6.76. The summed E-state index contributed by atoms with van der Waals surface area (Å²) in [6, 6.07) is 0. The average Bonchev–Trinajstić information content (AvgIpc) is 2.53. The van der Waals surface area contributed by atoms with E-state index in [2.05, 4.69) is 6.58 Å². The molecule has 150 valence electrons. The first kappa shape index (κ1) is 24.7. The summed E-state index contributed by atoms with van der Waals surface area (Å²) in [5.74, 6) is 0. The quantitative estimate of drug-likeness (QED) is 0.488. The molecule has 0 aromatic rings. The average molecular weight is 374 g/mol. The zero-order chi connectivity index (χ0) is 20.5. The van der Waals surface area contributed by atoms with Crippen LogP contribution in [0.5, 0.6) is 0 Å². The molecule has 5 heteroatoms. The number of likely N-dealkylation sites (N-methyl/N-ethyl adjacent to an activating group) is 1. The van der Waals surface area contributed by atoms with Gasteiger partial charge < -0.3 is 10.0 Å². The van der Waals surface area contributed by atoms with Gasteiger partial charge in [0.15, 0.2) is 5.60 Å². The molecule has 0 aliphatic rings. The van der Waals surface area contributed by atoms with Gasteiger partial charge in [0, 0.05) is 6.54 Å². The van der Waals surface area contributed by atoms with E-state index in [4.69, 9.17) is 0 Å². The first-order chi connectivity index (χ1) is 11.9. The maximum Gasteiger partial charge on any atom is 0.422 e. The van der Waals surface area contributed by atoms with Gasteiger partial charge in [-0.15, -0.1) is 0 Å². The van der Waals surface area contributed by atoms with Crippen molar-refractivity contribution in [1.29, 1.82) is 0 Å². The summed E-state index contributed by atoms with van der Waals surface area (Å²) in [5, 5.41) is 10.9. The molecule has 0 rings (SSSR count). The lowest BCUT2D eigenvalue weighted by Crippen LogP contribution is -2.55.